The minimum absolute atomic E-state index is 0.104. The average Bonchev–Trinajstić information content (AvgIpc) is 2.67. The first-order chi connectivity index (χ1) is 8.56. The molecule has 0 aliphatic carbocycles. The first-order valence-corrected chi connectivity index (χ1v) is 6.96. The Kier molecular flexibility index (Phi) is 4.14. The third-order valence-electron chi connectivity index (χ3n) is 2.46. The van der Waals surface area contributed by atoms with E-state index in [4.69, 9.17) is 0 Å². The Morgan fingerprint density at radius 2 is 2.06 bits per heavy atom. The molecule has 1 aromatic heterocycles. The molecule has 0 fully saturated rings. The summed E-state index contributed by atoms with van der Waals surface area (Å²) in [5, 5.41) is 2.82. The second kappa shape index (κ2) is 5.63. The fourth-order valence-electron chi connectivity index (χ4n) is 1.53. The lowest BCUT2D eigenvalue weighted by molar-refractivity contribution is 0.0954. The number of benzene rings is 1. The first kappa shape index (κ1) is 13.2. The van der Waals surface area contributed by atoms with Crippen LogP contribution < -0.4 is 5.32 Å². The van der Waals surface area contributed by atoms with E-state index in [0.717, 1.165) is 14.9 Å². The minimum atomic E-state index is -0.275. The van der Waals surface area contributed by atoms with Crippen molar-refractivity contribution in [2.75, 3.05) is 0 Å². The molecular weight excluding hydrogens is 317 g/mol. The fraction of sp³-hybridized carbons (Fsp3) is 0.154. The molecule has 2 nitrogen and oxygen atoms in total. The molecule has 2 rings (SSSR count). The third kappa shape index (κ3) is 3.17. The molecule has 0 saturated carbocycles. The van der Waals surface area contributed by atoms with Crippen LogP contribution in [-0.2, 0) is 6.54 Å². The number of rotatable bonds is 3. The monoisotopic (exact) mass is 327 g/mol. The van der Waals surface area contributed by atoms with Crippen LogP contribution in [0, 0.1) is 12.7 Å². The Morgan fingerprint density at radius 1 is 1.39 bits per heavy atom. The molecule has 94 valence electrons. The first-order valence-electron chi connectivity index (χ1n) is 5.35. The standard InChI is InChI=1S/C13H11BrFNOS/c1-8-6-11(14)18-12(8)13(17)16-7-9-2-4-10(15)5-3-9/h2-6H,7H2,1H3,(H,16,17). The van der Waals surface area contributed by atoms with Crippen LogP contribution >= 0.6 is 27.3 Å². The topological polar surface area (TPSA) is 29.1 Å². The Balaban J connectivity index is 2.00. The molecule has 0 saturated heterocycles. The van der Waals surface area contributed by atoms with Crippen LogP contribution in [0.2, 0.25) is 0 Å². The summed E-state index contributed by atoms with van der Waals surface area (Å²) in [5.41, 5.74) is 1.82. The Morgan fingerprint density at radius 3 is 2.61 bits per heavy atom. The number of hydrogen-bond donors (Lipinski definition) is 1. The number of amides is 1. The number of aryl methyl sites for hydroxylation is 1. The summed E-state index contributed by atoms with van der Waals surface area (Å²) in [7, 11) is 0. The molecule has 18 heavy (non-hydrogen) atoms. The summed E-state index contributed by atoms with van der Waals surface area (Å²) in [5.74, 6) is -0.379. The average molecular weight is 328 g/mol. The number of hydrogen-bond acceptors (Lipinski definition) is 2. The highest BCUT2D eigenvalue weighted by molar-refractivity contribution is 9.11. The number of nitrogens with one attached hydrogen (secondary N) is 1. The van der Waals surface area contributed by atoms with Crippen LogP contribution in [0.5, 0.6) is 0 Å². The van der Waals surface area contributed by atoms with Gasteiger partial charge in [-0.3, -0.25) is 4.79 Å². The lowest BCUT2D eigenvalue weighted by Gasteiger charge is -2.04. The van der Waals surface area contributed by atoms with Crippen molar-refractivity contribution < 1.29 is 9.18 Å². The van der Waals surface area contributed by atoms with E-state index in [1.54, 1.807) is 12.1 Å². The van der Waals surface area contributed by atoms with Crippen molar-refractivity contribution in [2.45, 2.75) is 13.5 Å². The van der Waals surface area contributed by atoms with Crippen LogP contribution in [0.3, 0.4) is 0 Å². The molecule has 1 aromatic carbocycles. The molecule has 0 spiro atoms. The van der Waals surface area contributed by atoms with Crippen LogP contribution in [-0.4, -0.2) is 5.91 Å². The zero-order valence-electron chi connectivity index (χ0n) is 9.67. The van der Waals surface area contributed by atoms with E-state index in [2.05, 4.69) is 21.2 Å². The second-order valence-electron chi connectivity index (χ2n) is 3.87. The van der Waals surface area contributed by atoms with Crippen molar-refractivity contribution in [1.29, 1.82) is 0 Å². The van der Waals surface area contributed by atoms with Crippen molar-refractivity contribution in [3.05, 3.63) is 55.9 Å². The van der Waals surface area contributed by atoms with E-state index < -0.39 is 0 Å². The number of carbonyl (C=O) groups excluding carboxylic acids is 1. The number of halogens is 2. The van der Waals surface area contributed by atoms with Gasteiger partial charge in [-0.15, -0.1) is 11.3 Å². The smallest absolute Gasteiger partial charge is 0.261 e. The van der Waals surface area contributed by atoms with E-state index >= 15 is 0 Å². The van der Waals surface area contributed by atoms with Gasteiger partial charge in [-0.05, 0) is 52.2 Å². The van der Waals surface area contributed by atoms with Crippen molar-refractivity contribution in [3.63, 3.8) is 0 Å². The summed E-state index contributed by atoms with van der Waals surface area (Å²) in [4.78, 5) is 12.6. The predicted octanol–water partition coefficient (Wildman–Crippen LogP) is 3.89. The Bertz CT molecular complexity index is 565. The van der Waals surface area contributed by atoms with Gasteiger partial charge in [0.25, 0.3) is 5.91 Å². The van der Waals surface area contributed by atoms with Crippen molar-refractivity contribution in [1.82, 2.24) is 5.32 Å². The second-order valence-corrected chi connectivity index (χ2v) is 6.30. The van der Waals surface area contributed by atoms with Crippen LogP contribution in [0.25, 0.3) is 0 Å². The van der Waals surface area contributed by atoms with Crippen molar-refractivity contribution in [3.8, 4) is 0 Å². The van der Waals surface area contributed by atoms with E-state index in [9.17, 15) is 9.18 Å². The van der Waals surface area contributed by atoms with Gasteiger partial charge in [-0.2, -0.15) is 0 Å². The summed E-state index contributed by atoms with van der Waals surface area (Å²) < 4.78 is 13.7. The van der Waals surface area contributed by atoms with Crippen molar-refractivity contribution >= 4 is 33.2 Å². The molecule has 0 bridgehead atoms. The van der Waals surface area contributed by atoms with Gasteiger partial charge in [0.2, 0.25) is 0 Å². The fourth-order valence-corrected chi connectivity index (χ4v) is 3.18. The summed E-state index contributed by atoms with van der Waals surface area (Å²) in [6, 6.07) is 8.00. The zero-order chi connectivity index (χ0) is 13.1. The van der Waals surface area contributed by atoms with Gasteiger partial charge in [0, 0.05) is 6.54 Å². The van der Waals surface area contributed by atoms with Crippen LogP contribution in [0.1, 0.15) is 20.8 Å². The highest BCUT2D eigenvalue weighted by atomic mass is 79.9. The number of thiophene rings is 1. The van der Waals surface area contributed by atoms with Gasteiger partial charge in [0.05, 0.1) is 8.66 Å². The van der Waals surface area contributed by atoms with Gasteiger partial charge in [-0.25, -0.2) is 4.39 Å². The molecule has 0 unspecified atom stereocenters. The van der Waals surface area contributed by atoms with Gasteiger partial charge < -0.3 is 5.32 Å². The maximum atomic E-state index is 12.7. The maximum absolute atomic E-state index is 12.7. The molecule has 2 aromatic rings. The van der Waals surface area contributed by atoms with Crippen LogP contribution in [0.15, 0.2) is 34.1 Å². The molecule has 0 atom stereocenters. The van der Waals surface area contributed by atoms with Gasteiger partial charge >= 0.3 is 0 Å². The van der Waals surface area contributed by atoms with E-state index in [0.29, 0.717) is 11.4 Å². The normalized spacial score (nSPS) is 10.4. The van der Waals surface area contributed by atoms with Crippen LogP contribution in [0.4, 0.5) is 4.39 Å². The summed E-state index contributed by atoms with van der Waals surface area (Å²) >= 11 is 4.76. The minimum Gasteiger partial charge on any atom is -0.347 e. The Labute approximate surface area is 117 Å². The largest absolute Gasteiger partial charge is 0.347 e. The van der Waals surface area contributed by atoms with Gasteiger partial charge in [0.1, 0.15) is 5.82 Å². The SMILES string of the molecule is Cc1cc(Br)sc1C(=O)NCc1ccc(F)cc1. The lowest BCUT2D eigenvalue weighted by Crippen LogP contribution is -2.22. The summed E-state index contributed by atoms with van der Waals surface area (Å²) in [6.45, 7) is 2.29. The van der Waals surface area contributed by atoms with Gasteiger partial charge in [-0.1, -0.05) is 12.1 Å². The van der Waals surface area contributed by atoms with E-state index in [1.165, 1.54) is 23.5 Å². The molecule has 5 heteroatoms. The summed E-state index contributed by atoms with van der Waals surface area (Å²) in [6.07, 6.45) is 0. The molecular formula is C13H11BrFNOS. The lowest BCUT2D eigenvalue weighted by atomic mass is 10.2. The third-order valence-corrected chi connectivity index (χ3v) is 4.20. The molecule has 1 N–H and O–H groups in total. The molecule has 1 amide bonds. The molecule has 0 radical (unpaired) electrons. The number of carbonyl (C=O) groups is 1. The van der Waals surface area contributed by atoms with Gasteiger partial charge in [0.15, 0.2) is 0 Å². The van der Waals surface area contributed by atoms with Crippen molar-refractivity contribution in [2.24, 2.45) is 0 Å². The van der Waals surface area contributed by atoms with E-state index in [-0.39, 0.29) is 11.7 Å². The quantitative estimate of drug-likeness (QED) is 0.910. The highest BCUT2D eigenvalue weighted by Crippen LogP contribution is 2.26. The zero-order valence-corrected chi connectivity index (χ0v) is 12.1. The highest BCUT2D eigenvalue weighted by Gasteiger charge is 2.12. The maximum Gasteiger partial charge on any atom is 0.261 e. The molecule has 0 aliphatic rings. The predicted molar refractivity (Wildman–Crippen MR) is 74.3 cm³/mol. The molecule has 1 heterocycles. The van der Waals surface area contributed by atoms with E-state index in [1.807, 2.05) is 13.0 Å². The molecule has 0 aliphatic heterocycles. The Hall–Kier alpha value is -1.20.